The molecule has 0 saturated heterocycles. The Labute approximate surface area is 86.3 Å². The average molecular weight is 257 g/mol. The lowest BCUT2D eigenvalue weighted by Gasteiger charge is -1.92. The van der Waals surface area contributed by atoms with Crippen molar-refractivity contribution in [1.29, 1.82) is 0 Å². The van der Waals surface area contributed by atoms with E-state index in [1.165, 1.54) is 6.20 Å². The Kier molecular flexibility index (Phi) is 1.88. The van der Waals surface area contributed by atoms with Gasteiger partial charge in [0.2, 0.25) is 5.95 Å². The van der Waals surface area contributed by atoms with Gasteiger partial charge >= 0.3 is 5.97 Å². The summed E-state index contributed by atoms with van der Waals surface area (Å²) in [6.45, 7) is 0. The number of nitrogen functional groups attached to an aromatic ring is 1. The molecule has 72 valence electrons. The average Bonchev–Trinajstić information content (AvgIpc) is 2.39. The fraction of sp³-hybridized carbons (Fsp3) is 0. The molecule has 0 bridgehead atoms. The first kappa shape index (κ1) is 8.95. The third kappa shape index (κ3) is 1.22. The molecule has 7 heteroatoms. The summed E-state index contributed by atoms with van der Waals surface area (Å²) in [6.07, 6.45) is 1.38. The molecule has 2 aromatic rings. The molecular weight excluding hydrogens is 252 g/mol. The predicted octanol–water partition coefficient (Wildman–Crippen LogP) is 1.00. The molecule has 14 heavy (non-hydrogen) atoms. The SMILES string of the molecule is Nc1ncc2c(C(=O)O)c(Br)[nH]c2n1. The van der Waals surface area contributed by atoms with Gasteiger partial charge < -0.3 is 15.8 Å². The number of nitrogens with one attached hydrogen (secondary N) is 1. The number of fused-ring (bicyclic) bond motifs is 1. The first-order chi connectivity index (χ1) is 6.59. The van der Waals surface area contributed by atoms with E-state index >= 15 is 0 Å². The van der Waals surface area contributed by atoms with Crippen molar-refractivity contribution in [2.75, 3.05) is 5.73 Å². The van der Waals surface area contributed by atoms with Crippen LogP contribution < -0.4 is 5.73 Å². The summed E-state index contributed by atoms with van der Waals surface area (Å²) < 4.78 is 0.361. The maximum atomic E-state index is 10.8. The highest BCUT2D eigenvalue weighted by atomic mass is 79.9. The van der Waals surface area contributed by atoms with E-state index < -0.39 is 5.97 Å². The van der Waals surface area contributed by atoms with Gasteiger partial charge in [-0.15, -0.1) is 0 Å². The van der Waals surface area contributed by atoms with Crippen molar-refractivity contribution in [3.8, 4) is 0 Å². The van der Waals surface area contributed by atoms with Crippen LogP contribution >= 0.6 is 15.9 Å². The highest BCUT2D eigenvalue weighted by Gasteiger charge is 2.17. The molecule has 0 atom stereocenters. The molecule has 0 radical (unpaired) electrons. The Bertz CT molecular complexity index is 522. The third-order valence-electron chi connectivity index (χ3n) is 1.74. The lowest BCUT2D eigenvalue weighted by Crippen LogP contribution is -1.97. The number of carboxylic acid groups (broad SMARTS) is 1. The van der Waals surface area contributed by atoms with Crippen LogP contribution in [0.1, 0.15) is 10.4 Å². The summed E-state index contributed by atoms with van der Waals surface area (Å²) in [5.74, 6) is -0.945. The van der Waals surface area contributed by atoms with Crippen LogP contribution in [0, 0.1) is 0 Å². The number of hydrogen-bond donors (Lipinski definition) is 3. The minimum absolute atomic E-state index is 0.100. The summed E-state index contributed by atoms with van der Waals surface area (Å²) in [6, 6.07) is 0. The Morgan fingerprint density at radius 1 is 1.64 bits per heavy atom. The van der Waals surface area contributed by atoms with E-state index in [4.69, 9.17) is 10.8 Å². The van der Waals surface area contributed by atoms with Gasteiger partial charge in [-0.1, -0.05) is 0 Å². The molecule has 0 aliphatic heterocycles. The largest absolute Gasteiger partial charge is 0.478 e. The number of nitrogens with zero attached hydrogens (tertiary/aromatic N) is 2. The minimum atomic E-state index is -1.04. The van der Waals surface area contributed by atoms with Crippen LogP contribution in [-0.2, 0) is 0 Å². The molecule has 4 N–H and O–H groups in total. The van der Waals surface area contributed by atoms with Crippen molar-refractivity contribution in [3.63, 3.8) is 0 Å². The van der Waals surface area contributed by atoms with E-state index in [1.54, 1.807) is 0 Å². The molecule has 2 rings (SSSR count). The number of aromatic nitrogens is 3. The zero-order valence-electron chi connectivity index (χ0n) is 6.78. The maximum Gasteiger partial charge on any atom is 0.339 e. The molecule has 0 aliphatic carbocycles. The monoisotopic (exact) mass is 256 g/mol. The molecule has 0 unspecified atom stereocenters. The number of rotatable bonds is 1. The van der Waals surface area contributed by atoms with Crippen LogP contribution in [0.25, 0.3) is 11.0 Å². The Morgan fingerprint density at radius 3 is 3.00 bits per heavy atom. The number of aromatic amines is 1. The Balaban J connectivity index is 2.84. The van der Waals surface area contributed by atoms with E-state index in [1.807, 2.05) is 0 Å². The molecule has 2 heterocycles. The second kappa shape index (κ2) is 2.95. The van der Waals surface area contributed by atoms with Gasteiger partial charge in [-0.25, -0.2) is 9.78 Å². The van der Waals surface area contributed by atoms with Crippen LogP contribution in [-0.4, -0.2) is 26.0 Å². The van der Waals surface area contributed by atoms with Gasteiger partial charge in [0.25, 0.3) is 0 Å². The number of aromatic carboxylic acids is 1. The van der Waals surface area contributed by atoms with Crippen molar-refractivity contribution in [3.05, 3.63) is 16.4 Å². The van der Waals surface area contributed by atoms with Gasteiger partial charge in [0.15, 0.2) is 0 Å². The molecule has 0 amide bonds. The molecule has 6 nitrogen and oxygen atoms in total. The van der Waals surface area contributed by atoms with E-state index in [2.05, 4.69) is 30.9 Å². The number of anilines is 1. The third-order valence-corrected chi connectivity index (χ3v) is 2.33. The maximum absolute atomic E-state index is 10.8. The molecular formula is C7H5BrN4O2. The normalized spacial score (nSPS) is 10.6. The van der Waals surface area contributed by atoms with Crippen molar-refractivity contribution >= 4 is 38.9 Å². The molecule has 0 aliphatic rings. The lowest BCUT2D eigenvalue weighted by molar-refractivity contribution is 0.0698. The van der Waals surface area contributed by atoms with Gasteiger partial charge in [-0.2, -0.15) is 4.98 Å². The summed E-state index contributed by atoms with van der Waals surface area (Å²) >= 11 is 3.09. The van der Waals surface area contributed by atoms with Gasteiger partial charge in [-0.05, 0) is 15.9 Å². The van der Waals surface area contributed by atoms with E-state index in [-0.39, 0.29) is 11.5 Å². The lowest BCUT2D eigenvalue weighted by atomic mass is 10.2. The first-order valence-corrected chi connectivity index (χ1v) is 4.42. The number of carbonyl (C=O) groups is 1. The predicted molar refractivity (Wildman–Crippen MR) is 53.0 cm³/mol. The van der Waals surface area contributed by atoms with Crippen LogP contribution in [0.3, 0.4) is 0 Å². The van der Waals surface area contributed by atoms with Crippen molar-refractivity contribution in [1.82, 2.24) is 15.0 Å². The zero-order valence-corrected chi connectivity index (χ0v) is 8.37. The van der Waals surface area contributed by atoms with Crippen LogP contribution in [0.15, 0.2) is 10.8 Å². The highest BCUT2D eigenvalue weighted by Crippen LogP contribution is 2.24. The quantitative estimate of drug-likeness (QED) is 0.706. The van der Waals surface area contributed by atoms with E-state index in [0.717, 1.165) is 0 Å². The summed E-state index contributed by atoms with van der Waals surface area (Å²) in [4.78, 5) is 21.2. The van der Waals surface area contributed by atoms with Crippen molar-refractivity contribution in [2.24, 2.45) is 0 Å². The van der Waals surface area contributed by atoms with Gasteiger partial charge in [0.1, 0.15) is 11.2 Å². The number of carboxylic acids is 1. The van der Waals surface area contributed by atoms with Crippen LogP contribution in [0.4, 0.5) is 5.95 Å². The molecule has 0 saturated carbocycles. The molecule has 0 spiro atoms. The van der Waals surface area contributed by atoms with E-state index in [0.29, 0.717) is 15.6 Å². The van der Waals surface area contributed by atoms with Crippen molar-refractivity contribution < 1.29 is 9.90 Å². The van der Waals surface area contributed by atoms with Crippen LogP contribution in [0.2, 0.25) is 0 Å². The fourth-order valence-corrected chi connectivity index (χ4v) is 1.74. The number of hydrogen-bond acceptors (Lipinski definition) is 4. The smallest absolute Gasteiger partial charge is 0.339 e. The van der Waals surface area contributed by atoms with Gasteiger partial charge in [-0.3, -0.25) is 0 Å². The fourth-order valence-electron chi connectivity index (χ4n) is 1.17. The Morgan fingerprint density at radius 2 is 2.36 bits per heavy atom. The standard InChI is InChI=1S/C7H5BrN4O2/c8-4-3(6(13)14)2-1-10-7(9)12-5(2)11-4/h1H,(H,13,14)(H3,9,10,11,12). The topological polar surface area (TPSA) is 105 Å². The number of halogens is 1. The Hall–Kier alpha value is -1.63. The minimum Gasteiger partial charge on any atom is -0.478 e. The van der Waals surface area contributed by atoms with Gasteiger partial charge in [0.05, 0.1) is 9.99 Å². The molecule has 0 aromatic carbocycles. The summed E-state index contributed by atoms with van der Waals surface area (Å²) in [5, 5.41) is 9.31. The van der Waals surface area contributed by atoms with Crippen LogP contribution in [0.5, 0.6) is 0 Å². The van der Waals surface area contributed by atoms with Gasteiger partial charge in [0, 0.05) is 6.20 Å². The second-order valence-corrected chi connectivity index (χ2v) is 3.40. The summed E-state index contributed by atoms with van der Waals surface area (Å²) in [7, 11) is 0. The number of nitrogens with two attached hydrogens (primary N) is 1. The second-order valence-electron chi connectivity index (χ2n) is 2.61. The summed E-state index contributed by atoms with van der Waals surface area (Å²) in [5.41, 5.74) is 5.87. The van der Waals surface area contributed by atoms with Crippen molar-refractivity contribution in [2.45, 2.75) is 0 Å². The zero-order chi connectivity index (χ0) is 10.3. The molecule has 2 aromatic heterocycles. The van der Waals surface area contributed by atoms with E-state index in [9.17, 15) is 4.79 Å². The highest BCUT2D eigenvalue weighted by molar-refractivity contribution is 9.10. The molecule has 0 fully saturated rings. The first-order valence-electron chi connectivity index (χ1n) is 3.62. The number of H-pyrrole nitrogens is 1.